The number of halogens is 4. The number of nitrogens with one attached hydrogen (secondary N) is 1. The molecule has 0 aromatic heterocycles. The van der Waals surface area contributed by atoms with Crippen molar-refractivity contribution in [2.75, 3.05) is 5.32 Å². The molecule has 0 fully saturated rings. The molecule has 0 saturated heterocycles. The van der Waals surface area contributed by atoms with E-state index in [0.717, 1.165) is 12.1 Å². The molecular weight excluding hydrogens is 289 g/mol. The van der Waals surface area contributed by atoms with E-state index in [9.17, 15) is 28.1 Å². The van der Waals surface area contributed by atoms with Gasteiger partial charge in [0, 0.05) is 22.3 Å². The maximum Gasteiger partial charge on any atom is 0.471 e. The van der Waals surface area contributed by atoms with Crippen molar-refractivity contribution in [2.24, 2.45) is 0 Å². The first-order chi connectivity index (χ1) is 8.70. The van der Waals surface area contributed by atoms with Crippen LogP contribution in [0, 0.1) is 10.1 Å². The first-order valence-corrected chi connectivity index (χ1v) is 5.07. The van der Waals surface area contributed by atoms with Gasteiger partial charge in [-0.15, -0.1) is 0 Å². The number of nitro groups is 1. The van der Waals surface area contributed by atoms with Gasteiger partial charge in [0.2, 0.25) is 6.20 Å². The number of benzene rings is 1. The molecule has 1 rings (SSSR count). The Balaban J connectivity index is 3.07. The van der Waals surface area contributed by atoms with E-state index in [2.05, 4.69) is 0 Å². The van der Waals surface area contributed by atoms with Gasteiger partial charge in [-0.25, -0.2) is 0 Å². The molecule has 1 N–H and O–H groups in total. The van der Waals surface area contributed by atoms with Gasteiger partial charge in [0.1, 0.15) is 0 Å². The molecule has 1 amide bonds. The molecule has 19 heavy (non-hydrogen) atoms. The van der Waals surface area contributed by atoms with E-state index in [0.29, 0.717) is 6.20 Å². The Morgan fingerprint density at radius 3 is 2.58 bits per heavy atom. The van der Waals surface area contributed by atoms with Crippen LogP contribution in [0.1, 0.15) is 5.56 Å². The summed E-state index contributed by atoms with van der Waals surface area (Å²) < 4.78 is 36.3. The van der Waals surface area contributed by atoms with Crippen LogP contribution in [0.2, 0.25) is 5.02 Å². The number of anilines is 1. The SMILES string of the molecule is O=C(Nc1ccc(Cl)cc1/C=C/[N+](=O)[O-])C(F)(F)F. The number of amides is 1. The zero-order valence-corrected chi connectivity index (χ0v) is 9.83. The summed E-state index contributed by atoms with van der Waals surface area (Å²) in [6.45, 7) is 0. The quantitative estimate of drug-likeness (QED) is 0.688. The van der Waals surface area contributed by atoms with Gasteiger partial charge in [0.15, 0.2) is 0 Å². The van der Waals surface area contributed by atoms with Crippen molar-refractivity contribution in [1.29, 1.82) is 0 Å². The highest BCUT2D eigenvalue weighted by atomic mass is 35.5. The minimum Gasteiger partial charge on any atom is -0.318 e. The van der Waals surface area contributed by atoms with E-state index in [4.69, 9.17) is 11.6 Å². The van der Waals surface area contributed by atoms with Crippen LogP contribution < -0.4 is 5.32 Å². The van der Waals surface area contributed by atoms with Crippen molar-refractivity contribution in [1.82, 2.24) is 0 Å². The molecule has 0 saturated carbocycles. The van der Waals surface area contributed by atoms with E-state index in [1.807, 2.05) is 0 Å². The first kappa shape index (κ1) is 15.0. The second kappa shape index (κ2) is 5.70. The predicted molar refractivity (Wildman–Crippen MR) is 62.2 cm³/mol. The molecule has 0 unspecified atom stereocenters. The minimum absolute atomic E-state index is 0.0122. The fourth-order valence-corrected chi connectivity index (χ4v) is 1.30. The zero-order valence-electron chi connectivity index (χ0n) is 9.07. The zero-order chi connectivity index (χ0) is 14.6. The Kier molecular flexibility index (Phi) is 4.49. The summed E-state index contributed by atoms with van der Waals surface area (Å²) >= 11 is 5.62. The lowest BCUT2D eigenvalue weighted by atomic mass is 10.1. The van der Waals surface area contributed by atoms with Crippen molar-refractivity contribution in [3.8, 4) is 0 Å². The van der Waals surface area contributed by atoms with Crippen LogP contribution in [0.3, 0.4) is 0 Å². The number of alkyl halides is 3. The smallest absolute Gasteiger partial charge is 0.318 e. The lowest BCUT2D eigenvalue weighted by Gasteiger charge is -2.10. The summed E-state index contributed by atoms with van der Waals surface area (Å²) in [5.41, 5.74) is -0.244. The molecule has 1 aromatic carbocycles. The summed E-state index contributed by atoms with van der Waals surface area (Å²) in [5.74, 6) is -2.18. The lowest BCUT2D eigenvalue weighted by molar-refractivity contribution is -0.400. The third kappa shape index (κ3) is 4.59. The summed E-state index contributed by atoms with van der Waals surface area (Å²) in [6, 6.07) is 3.55. The van der Waals surface area contributed by atoms with Gasteiger partial charge in [-0.3, -0.25) is 14.9 Å². The highest BCUT2D eigenvalue weighted by Crippen LogP contribution is 2.24. The molecule has 1 aromatic rings. The molecule has 0 spiro atoms. The van der Waals surface area contributed by atoms with Gasteiger partial charge >= 0.3 is 12.1 Å². The fourth-order valence-electron chi connectivity index (χ4n) is 1.12. The number of carbonyl (C=O) groups excluding carboxylic acids is 1. The van der Waals surface area contributed by atoms with Gasteiger partial charge in [-0.1, -0.05) is 11.6 Å². The maximum absolute atomic E-state index is 12.1. The minimum atomic E-state index is -5.05. The van der Waals surface area contributed by atoms with Crippen LogP contribution >= 0.6 is 11.6 Å². The molecule has 0 radical (unpaired) electrons. The highest BCUT2D eigenvalue weighted by Gasteiger charge is 2.38. The van der Waals surface area contributed by atoms with Crippen molar-refractivity contribution >= 4 is 29.3 Å². The Bertz CT molecular complexity index is 543. The van der Waals surface area contributed by atoms with Crippen molar-refractivity contribution < 1.29 is 22.9 Å². The summed E-state index contributed by atoms with van der Waals surface area (Å²) in [7, 11) is 0. The molecule has 0 aliphatic heterocycles. The van der Waals surface area contributed by atoms with Gasteiger partial charge in [-0.2, -0.15) is 13.2 Å². The first-order valence-electron chi connectivity index (χ1n) is 4.69. The molecular formula is C10H6ClF3N2O3. The topological polar surface area (TPSA) is 72.2 Å². The van der Waals surface area contributed by atoms with Crippen molar-refractivity contribution in [3.05, 3.63) is 45.1 Å². The average Bonchev–Trinajstić information content (AvgIpc) is 2.27. The molecule has 0 aliphatic rings. The van der Waals surface area contributed by atoms with E-state index >= 15 is 0 Å². The third-order valence-corrected chi connectivity index (χ3v) is 2.13. The Labute approximate surface area is 109 Å². The van der Waals surface area contributed by atoms with Crippen LogP contribution in [0.5, 0.6) is 0 Å². The van der Waals surface area contributed by atoms with Gasteiger partial charge in [-0.05, 0) is 18.2 Å². The van der Waals surface area contributed by atoms with E-state index in [-0.39, 0.29) is 16.3 Å². The standard InChI is InChI=1S/C10H6ClF3N2O3/c11-7-1-2-8(15-9(17)10(12,13)14)6(5-7)3-4-16(18)19/h1-5H,(H,15,17)/b4-3+. The Morgan fingerprint density at radius 2 is 2.05 bits per heavy atom. The molecule has 0 heterocycles. The third-order valence-electron chi connectivity index (χ3n) is 1.90. The molecule has 0 atom stereocenters. The fraction of sp³-hybridized carbons (Fsp3) is 0.100. The summed E-state index contributed by atoms with van der Waals surface area (Å²) in [5, 5.41) is 11.9. The Hall–Kier alpha value is -2.09. The van der Waals surface area contributed by atoms with E-state index in [1.54, 1.807) is 5.32 Å². The van der Waals surface area contributed by atoms with Crippen molar-refractivity contribution in [3.63, 3.8) is 0 Å². The Morgan fingerprint density at radius 1 is 1.42 bits per heavy atom. The summed E-state index contributed by atoms with van der Waals surface area (Å²) in [4.78, 5) is 20.2. The van der Waals surface area contributed by atoms with Crippen LogP contribution in [0.25, 0.3) is 6.08 Å². The second-order valence-electron chi connectivity index (χ2n) is 3.28. The van der Waals surface area contributed by atoms with Gasteiger partial charge in [0.05, 0.1) is 4.92 Å². The molecule has 0 bridgehead atoms. The largest absolute Gasteiger partial charge is 0.471 e. The molecule has 102 valence electrons. The monoisotopic (exact) mass is 294 g/mol. The summed E-state index contributed by atoms with van der Waals surface area (Å²) in [6.07, 6.45) is -3.60. The maximum atomic E-state index is 12.1. The van der Waals surface area contributed by atoms with E-state index < -0.39 is 17.0 Å². The molecule has 5 nitrogen and oxygen atoms in total. The van der Waals surface area contributed by atoms with Crippen molar-refractivity contribution in [2.45, 2.75) is 6.18 Å². The highest BCUT2D eigenvalue weighted by molar-refractivity contribution is 6.30. The van der Waals surface area contributed by atoms with Gasteiger partial charge in [0.25, 0.3) is 0 Å². The number of nitrogens with zero attached hydrogens (tertiary/aromatic N) is 1. The second-order valence-corrected chi connectivity index (χ2v) is 3.72. The predicted octanol–water partition coefficient (Wildman–Crippen LogP) is 3.09. The van der Waals surface area contributed by atoms with Gasteiger partial charge < -0.3 is 5.32 Å². The van der Waals surface area contributed by atoms with Crippen LogP contribution in [-0.4, -0.2) is 17.0 Å². The average molecular weight is 295 g/mol. The molecule has 9 heteroatoms. The van der Waals surface area contributed by atoms with E-state index in [1.165, 1.54) is 12.1 Å². The number of carbonyl (C=O) groups is 1. The lowest BCUT2D eigenvalue weighted by Crippen LogP contribution is -2.30. The number of hydrogen-bond donors (Lipinski definition) is 1. The van der Waals surface area contributed by atoms with Crippen LogP contribution in [-0.2, 0) is 4.79 Å². The van der Waals surface area contributed by atoms with Crippen LogP contribution in [0.4, 0.5) is 18.9 Å². The normalized spacial score (nSPS) is 11.6. The van der Waals surface area contributed by atoms with Crippen LogP contribution in [0.15, 0.2) is 24.4 Å². The number of hydrogen-bond acceptors (Lipinski definition) is 3. The molecule has 0 aliphatic carbocycles. The number of rotatable bonds is 3.